The third-order valence-corrected chi connectivity index (χ3v) is 5.28. The number of aryl methyl sites for hydroxylation is 1. The van der Waals surface area contributed by atoms with Crippen molar-refractivity contribution in [3.05, 3.63) is 65.2 Å². The van der Waals surface area contributed by atoms with Gasteiger partial charge >= 0.3 is 12.2 Å². The second-order valence-electron chi connectivity index (χ2n) is 7.04. The highest BCUT2D eigenvalue weighted by Crippen LogP contribution is 2.41. The van der Waals surface area contributed by atoms with Gasteiger partial charge in [0.1, 0.15) is 0 Å². The number of nitrogens with zero attached hydrogens (tertiary/aromatic N) is 2. The lowest BCUT2D eigenvalue weighted by Gasteiger charge is -2.35. The number of halogens is 3. The first-order chi connectivity index (χ1) is 13.7. The Kier molecular flexibility index (Phi) is 4.33. The maximum Gasteiger partial charge on any atom is 0.416 e. The molecular weight excluding hydrogens is 387 g/mol. The minimum Gasteiger partial charge on any atom is -0.549 e. The summed E-state index contributed by atoms with van der Waals surface area (Å²) in [6.07, 6.45) is -3.72. The van der Waals surface area contributed by atoms with E-state index in [0.29, 0.717) is 12.0 Å². The number of aliphatic carboxylic acids is 1. The van der Waals surface area contributed by atoms with Crippen LogP contribution in [-0.2, 0) is 17.4 Å². The van der Waals surface area contributed by atoms with E-state index in [1.165, 1.54) is 0 Å². The van der Waals surface area contributed by atoms with Crippen LogP contribution in [-0.4, -0.2) is 29.3 Å². The lowest BCUT2D eigenvalue weighted by molar-refractivity contribution is -0.315. The lowest BCUT2D eigenvalue weighted by Crippen LogP contribution is -2.52. The number of benzene rings is 2. The predicted octanol–water partition coefficient (Wildman–Crippen LogP) is 2.64. The van der Waals surface area contributed by atoms with Crippen molar-refractivity contribution in [2.45, 2.75) is 19.0 Å². The third-order valence-electron chi connectivity index (χ3n) is 5.28. The number of hydrogen-bond acceptors (Lipinski definition) is 4. The molecule has 0 radical (unpaired) electrons. The molecule has 2 amide bonds. The fourth-order valence-electron chi connectivity index (χ4n) is 3.72. The number of carboxylic acids is 1. The summed E-state index contributed by atoms with van der Waals surface area (Å²) >= 11 is 0. The van der Waals surface area contributed by atoms with E-state index in [0.717, 1.165) is 34.8 Å². The number of alkyl halides is 3. The Bertz CT molecular complexity index is 1020. The SMILES string of the molecule is O=C(Nc1ccc(C(F)(F)F)cc1)N1CC2(C(=O)[O-])CCc3ccccc3C2=N1. The molecule has 1 N–H and O–H groups in total. The summed E-state index contributed by atoms with van der Waals surface area (Å²) in [4.78, 5) is 24.6. The number of urea groups is 1. The summed E-state index contributed by atoms with van der Waals surface area (Å²) in [7, 11) is 0. The van der Waals surface area contributed by atoms with Gasteiger partial charge in [-0.3, -0.25) is 0 Å². The molecule has 4 rings (SSSR count). The van der Waals surface area contributed by atoms with Crippen molar-refractivity contribution in [1.29, 1.82) is 0 Å². The molecule has 150 valence electrons. The number of carbonyl (C=O) groups excluding carboxylic acids is 2. The molecule has 1 atom stereocenters. The van der Waals surface area contributed by atoms with E-state index < -0.39 is 29.2 Å². The van der Waals surface area contributed by atoms with Gasteiger partial charge in [0, 0.05) is 11.3 Å². The number of amides is 2. The van der Waals surface area contributed by atoms with Gasteiger partial charge in [-0.2, -0.15) is 18.3 Å². The second-order valence-corrected chi connectivity index (χ2v) is 7.04. The number of anilines is 1. The van der Waals surface area contributed by atoms with Gasteiger partial charge in [0.2, 0.25) is 0 Å². The van der Waals surface area contributed by atoms with Crippen molar-refractivity contribution < 1.29 is 27.9 Å². The minimum absolute atomic E-state index is 0.140. The fourth-order valence-corrected chi connectivity index (χ4v) is 3.72. The summed E-state index contributed by atoms with van der Waals surface area (Å²) in [5, 5.41) is 19.6. The first-order valence-corrected chi connectivity index (χ1v) is 8.85. The highest BCUT2D eigenvalue weighted by atomic mass is 19.4. The summed E-state index contributed by atoms with van der Waals surface area (Å²) in [5.74, 6) is -1.31. The molecule has 2 aromatic rings. The smallest absolute Gasteiger partial charge is 0.416 e. The molecule has 2 aromatic carbocycles. The van der Waals surface area contributed by atoms with Crippen LogP contribution < -0.4 is 10.4 Å². The number of hydrogen-bond donors (Lipinski definition) is 1. The zero-order valence-corrected chi connectivity index (χ0v) is 15.0. The van der Waals surface area contributed by atoms with Crippen LogP contribution in [0.5, 0.6) is 0 Å². The van der Waals surface area contributed by atoms with Crippen molar-refractivity contribution in [2.75, 3.05) is 11.9 Å². The maximum absolute atomic E-state index is 12.7. The number of carboxylic acid groups (broad SMARTS) is 1. The number of carbonyl (C=O) groups is 2. The van der Waals surface area contributed by atoms with Crippen LogP contribution in [0.25, 0.3) is 0 Å². The molecule has 0 fully saturated rings. The van der Waals surface area contributed by atoms with Gasteiger partial charge in [-0.1, -0.05) is 24.3 Å². The summed E-state index contributed by atoms with van der Waals surface area (Å²) in [6.45, 7) is -0.203. The monoisotopic (exact) mass is 402 g/mol. The van der Waals surface area contributed by atoms with Crippen LogP contribution in [0.1, 0.15) is 23.1 Å². The average Bonchev–Trinajstić information content (AvgIpc) is 3.10. The number of fused-ring (bicyclic) bond motifs is 3. The first kappa shape index (κ1) is 19.0. The molecule has 0 spiro atoms. The Hall–Kier alpha value is -3.36. The van der Waals surface area contributed by atoms with E-state index in [9.17, 15) is 27.9 Å². The minimum atomic E-state index is -4.48. The van der Waals surface area contributed by atoms with Gasteiger partial charge in [0.15, 0.2) is 0 Å². The standard InChI is InChI=1S/C20H16F3N3O3/c21-20(22,23)13-5-7-14(8-6-13)24-18(29)26-11-19(17(27)28)10-9-12-3-1-2-4-15(12)16(19)25-26/h1-8H,9-11H2,(H,24,29)(H,27,28)/p-1. The molecule has 1 unspecified atom stereocenters. The van der Waals surface area contributed by atoms with E-state index in [1.807, 2.05) is 12.1 Å². The highest BCUT2D eigenvalue weighted by Gasteiger charge is 2.48. The van der Waals surface area contributed by atoms with Gasteiger partial charge in [-0.15, -0.1) is 0 Å². The Morgan fingerprint density at radius 1 is 1.10 bits per heavy atom. The molecule has 1 aliphatic carbocycles. The highest BCUT2D eigenvalue weighted by molar-refractivity contribution is 6.18. The quantitative estimate of drug-likeness (QED) is 0.838. The van der Waals surface area contributed by atoms with Gasteiger partial charge in [0.05, 0.1) is 29.2 Å². The van der Waals surface area contributed by atoms with Crippen molar-refractivity contribution in [3.63, 3.8) is 0 Å². The largest absolute Gasteiger partial charge is 0.549 e. The van der Waals surface area contributed by atoms with Crippen LogP contribution in [0, 0.1) is 5.41 Å². The molecule has 1 heterocycles. The normalized spacial score (nSPS) is 20.5. The molecular formula is C20H15F3N3O3-. The zero-order chi connectivity index (χ0) is 20.8. The Morgan fingerprint density at radius 3 is 2.45 bits per heavy atom. The molecule has 0 bridgehead atoms. The molecule has 0 saturated heterocycles. The van der Waals surface area contributed by atoms with E-state index in [2.05, 4.69) is 10.4 Å². The van der Waals surface area contributed by atoms with Crippen molar-refractivity contribution in [3.8, 4) is 0 Å². The van der Waals surface area contributed by atoms with Gasteiger partial charge in [0.25, 0.3) is 0 Å². The molecule has 0 saturated carbocycles. The Labute approximate surface area is 163 Å². The van der Waals surface area contributed by atoms with Gasteiger partial charge in [-0.25, -0.2) is 9.80 Å². The van der Waals surface area contributed by atoms with Gasteiger partial charge in [-0.05, 0) is 42.7 Å². The van der Waals surface area contributed by atoms with Crippen LogP contribution in [0.4, 0.5) is 23.7 Å². The number of rotatable bonds is 2. The first-order valence-electron chi connectivity index (χ1n) is 8.85. The summed E-state index contributed by atoms with van der Waals surface area (Å²) in [6, 6.07) is 10.5. The molecule has 0 aromatic heterocycles. The molecule has 2 aliphatic rings. The molecule has 9 heteroatoms. The van der Waals surface area contributed by atoms with Crippen LogP contribution >= 0.6 is 0 Å². The Morgan fingerprint density at radius 2 is 1.79 bits per heavy atom. The number of nitrogens with one attached hydrogen (secondary N) is 1. The van der Waals surface area contributed by atoms with Crippen molar-refractivity contribution in [2.24, 2.45) is 10.5 Å². The Balaban J connectivity index is 1.59. The van der Waals surface area contributed by atoms with Crippen molar-refractivity contribution >= 4 is 23.4 Å². The molecule has 6 nitrogen and oxygen atoms in total. The van der Waals surface area contributed by atoms with Gasteiger partial charge < -0.3 is 15.2 Å². The maximum atomic E-state index is 12.7. The zero-order valence-electron chi connectivity index (χ0n) is 15.0. The molecule has 29 heavy (non-hydrogen) atoms. The third kappa shape index (κ3) is 3.22. The van der Waals surface area contributed by atoms with E-state index in [-0.39, 0.29) is 24.4 Å². The summed E-state index contributed by atoms with van der Waals surface area (Å²) < 4.78 is 38.0. The van der Waals surface area contributed by atoms with E-state index in [1.54, 1.807) is 12.1 Å². The van der Waals surface area contributed by atoms with Crippen LogP contribution in [0.3, 0.4) is 0 Å². The fraction of sp³-hybridized carbons (Fsp3) is 0.250. The second kappa shape index (κ2) is 6.61. The van der Waals surface area contributed by atoms with E-state index >= 15 is 0 Å². The van der Waals surface area contributed by atoms with Crippen molar-refractivity contribution in [1.82, 2.24) is 5.01 Å². The summed E-state index contributed by atoms with van der Waals surface area (Å²) in [5.41, 5.74) is -0.245. The van der Waals surface area contributed by atoms with E-state index in [4.69, 9.17) is 0 Å². The lowest BCUT2D eigenvalue weighted by atomic mass is 9.70. The van der Waals surface area contributed by atoms with Crippen LogP contribution in [0.15, 0.2) is 53.6 Å². The predicted molar refractivity (Wildman–Crippen MR) is 95.9 cm³/mol. The number of hydrazone groups is 1. The average molecular weight is 402 g/mol. The molecule has 1 aliphatic heterocycles. The topological polar surface area (TPSA) is 84.8 Å². The van der Waals surface area contributed by atoms with Crippen LogP contribution in [0.2, 0.25) is 0 Å².